The van der Waals surface area contributed by atoms with Crippen molar-refractivity contribution >= 4 is 49.6 Å². The Bertz CT molecular complexity index is 582. The molecule has 0 saturated heterocycles. The average molecular weight is 388 g/mol. The topological polar surface area (TPSA) is 37.3 Å². The van der Waals surface area contributed by atoms with Gasteiger partial charge in [-0.3, -0.25) is 0 Å². The third-order valence-electron chi connectivity index (χ3n) is 2.22. The van der Waals surface area contributed by atoms with Crippen molar-refractivity contribution in [2.75, 3.05) is 0 Å². The maximum atomic E-state index is 10.9. The van der Waals surface area contributed by atoms with E-state index < -0.39 is 5.97 Å². The summed E-state index contributed by atoms with van der Waals surface area (Å²) in [4.78, 5) is 13.0. The molecule has 5 heteroatoms. The molecule has 0 heterocycles. The molecule has 0 aromatic heterocycles. The lowest BCUT2D eigenvalue weighted by Crippen LogP contribution is -1.96. The van der Waals surface area contributed by atoms with Gasteiger partial charge in [0.15, 0.2) is 0 Å². The number of carbonyl (C=O) groups is 1. The van der Waals surface area contributed by atoms with Gasteiger partial charge >= 0.3 is 5.97 Å². The molecule has 0 aliphatic carbocycles. The second-order valence-electron chi connectivity index (χ2n) is 3.50. The third kappa shape index (κ3) is 3.37. The van der Waals surface area contributed by atoms with Crippen LogP contribution in [0.1, 0.15) is 10.4 Å². The van der Waals surface area contributed by atoms with Crippen LogP contribution < -0.4 is 0 Å². The predicted molar refractivity (Wildman–Crippen MR) is 79.4 cm³/mol. The normalized spacial score (nSPS) is 10.3. The molecule has 2 rings (SSSR count). The molecule has 2 nitrogen and oxygen atoms in total. The Balaban J connectivity index is 2.22. The first kappa shape index (κ1) is 13.6. The first-order valence-electron chi connectivity index (χ1n) is 5.02. The summed E-state index contributed by atoms with van der Waals surface area (Å²) >= 11 is 8.24. The van der Waals surface area contributed by atoms with Crippen molar-refractivity contribution in [2.24, 2.45) is 0 Å². The van der Waals surface area contributed by atoms with Crippen LogP contribution in [0.25, 0.3) is 0 Å². The highest BCUT2D eigenvalue weighted by molar-refractivity contribution is 9.10. The van der Waals surface area contributed by atoms with Crippen molar-refractivity contribution < 1.29 is 9.90 Å². The average Bonchev–Trinajstić information content (AvgIpc) is 2.32. The molecule has 0 radical (unpaired) electrons. The summed E-state index contributed by atoms with van der Waals surface area (Å²) in [5.74, 6) is -0.929. The Labute approximate surface area is 126 Å². The molecule has 0 unspecified atom stereocenters. The van der Waals surface area contributed by atoms with Crippen molar-refractivity contribution in [1.29, 1.82) is 0 Å². The van der Waals surface area contributed by atoms with Crippen LogP contribution in [0, 0.1) is 0 Å². The molecule has 0 aliphatic rings. The lowest BCUT2D eigenvalue weighted by molar-refractivity contribution is 0.0696. The van der Waals surface area contributed by atoms with Crippen LogP contribution in [-0.2, 0) is 0 Å². The number of carboxylic acid groups (broad SMARTS) is 1. The highest BCUT2D eigenvalue weighted by Crippen LogP contribution is 2.31. The van der Waals surface area contributed by atoms with Gasteiger partial charge in [0, 0.05) is 18.7 Å². The largest absolute Gasteiger partial charge is 0.478 e. The number of aromatic carboxylic acids is 1. The van der Waals surface area contributed by atoms with Gasteiger partial charge in [0.25, 0.3) is 0 Å². The van der Waals surface area contributed by atoms with E-state index in [9.17, 15) is 4.79 Å². The number of benzene rings is 2. The molecule has 2 aromatic carbocycles. The lowest BCUT2D eigenvalue weighted by atomic mass is 10.2. The molecule has 0 amide bonds. The first-order chi connectivity index (χ1) is 8.56. The van der Waals surface area contributed by atoms with Crippen LogP contribution >= 0.6 is 43.6 Å². The number of halogens is 2. The van der Waals surface area contributed by atoms with Crippen LogP contribution in [-0.4, -0.2) is 11.1 Å². The summed E-state index contributed by atoms with van der Waals surface area (Å²) in [6.45, 7) is 0. The Morgan fingerprint density at radius 1 is 1.00 bits per heavy atom. The van der Waals surface area contributed by atoms with Crippen LogP contribution in [0.2, 0.25) is 0 Å². The Morgan fingerprint density at radius 3 is 2.17 bits per heavy atom. The Hall–Kier alpha value is -0.780. The number of hydrogen-bond acceptors (Lipinski definition) is 2. The van der Waals surface area contributed by atoms with Crippen molar-refractivity contribution in [1.82, 2.24) is 0 Å². The summed E-state index contributed by atoms with van der Waals surface area (Å²) in [5.41, 5.74) is 0.273. The van der Waals surface area contributed by atoms with E-state index in [1.54, 1.807) is 23.9 Å². The fourth-order valence-corrected chi connectivity index (χ4v) is 3.19. The molecule has 0 saturated carbocycles. The van der Waals surface area contributed by atoms with Crippen molar-refractivity contribution in [3.8, 4) is 0 Å². The zero-order chi connectivity index (χ0) is 13.1. The quantitative estimate of drug-likeness (QED) is 0.799. The molecule has 0 atom stereocenters. The summed E-state index contributed by atoms with van der Waals surface area (Å²) < 4.78 is 1.63. The van der Waals surface area contributed by atoms with Gasteiger partial charge < -0.3 is 5.11 Å². The minimum absolute atomic E-state index is 0.273. The molecular formula is C13H8Br2O2S. The van der Waals surface area contributed by atoms with Gasteiger partial charge in [-0.15, -0.1) is 0 Å². The molecule has 18 heavy (non-hydrogen) atoms. The van der Waals surface area contributed by atoms with Gasteiger partial charge in [-0.05, 0) is 58.4 Å². The second-order valence-corrected chi connectivity index (χ2v) is 6.42. The molecule has 2 aromatic rings. The van der Waals surface area contributed by atoms with E-state index in [1.165, 1.54) is 0 Å². The fraction of sp³-hybridized carbons (Fsp3) is 0. The maximum Gasteiger partial charge on any atom is 0.336 e. The van der Waals surface area contributed by atoms with Gasteiger partial charge in [0.1, 0.15) is 0 Å². The lowest BCUT2D eigenvalue weighted by Gasteiger charge is -2.04. The Morgan fingerprint density at radius 2 is 1.61 bits per heavy atom. The molecule has 0 bridgehead atoms. The third-order valence-corrected chi connectivity index (χ3v) is 4.40. The minimum atomic E-state index is -0.929. The van der Waals surface area contributed by atoms with Crippen LogP contribution in [0.5, 0.6) is 0 Å². The predicted octanol–water partition coefficient (Wildman–Crippen LogP) is 5.06. The first-order valence-corrected chi connectivity index (χ1v) is 7.43. The van der Waals surface area contributed by atoms with Crippen LogP contribution in [0.4, 0.5) is 0 Å². The van der Waals surface area contributed by atoms with Crippen molar-refractivity contribution in [3.63, 3.8) is 0 Å². The summed E-state index contributed by atoms with van der Waals surface area (Å²) in [6, 6.07) is 13.2. The van der Waals surface area contributed by atoms with Gasteiger partial charge in [0.2, 0.25) is 0 Å². The standard InChI is InChI=1S/C13H8Br2O2S/c14-8-1-3-9(4-2-8)18-10-5-6-11(13(16)17)12(15)7-10/h1-7H,(H,16,17). The summed E-state index contributed by atoms with van der Waals surface area (Å²) in [7, 11) is 0. The van der Waals surface area contributed by atoms with Crippen LogP contribution in [0.3, 0.4) is 0 Å². The van der Waals surface area contributed by atoms with E-state index in [-0.39, 0.29) is 5.56 Å². The highest BCUT2D eigenvalue weighted by Gasteiger charge is 2.08. The fourth-order valence-electron chi connectivity index (χ4n) is 1.37. The molecule has 92 valence electrons. The van der Waals surface area contributed by atoms with Gasteiger partial charge in [0.05, 0.1) is 5.56 Å². The van der Waals surface area contributed by atoms with Crippen LogP contribution in [0.15, 0.2) is 61.2 Å². The van der Waals surface area contributed by atoms with E-state index >= 15 is 0 Å². The number of carboxylic acids is 1. The smallest absolute Gasteiger partial charge is 0.336 e. The second kappa shape index (κ2) is 5.91. The monoisotopic (exact) mass is 386 g/mol. The number of hydrogen-bond donors (Lipinski definition) is 1. The minimum Gasteiger partial charge on any atom is -0.478 e. The molecule has 0 fully saturated rings. The molecular weight excluding hydrogens is 380 g/mol. The summed E-state index contributed by atoms with van der Waals surface area (Å²) in [6.07, 6.45) is 0. The SMILES string of the molecule is O=C(O)c1ccc(Sc2ccc(Br)cc2)cc1Br. The van der Waals surface area contributed by atoms with Crippen molar-refractivity contribution in [2.45, 2.75) is 9.79 Å². The molecule has 1 N–H and O–H groups in total. The highest BCUT2D eigenvalue weighted by atomic mass is 79.9. The van der Waals surface area contributed by atoms with Gasteiger partial charge in [-0.1, -0.05) is 27.7 Å². The van der Waals surface area contributed by atoms with E-state index in [2.05, 4.69) is 31.9 Å². The van der Waals surface area contributed by atoms with E-state index in [0.717, 1.165) is 14.3 Å². The number of rotatable bonds is 3. The molecule has 0 spiro atoms. The maximum absolute atomic E-state index is 10.9. The van der Waals surface area contributed by atoms with E-state index in [4.69, 9.17) is 5.11 Å². The molecule has 0 aliphatic heterocycles. The van der Waals surface area contributed by atoms with Crippen molar-refractivity contribution in [3.05, 3.63) is 57.0 Å². The zero-order valence-electron chi connectivity index (χ0n) is 9.06. The summed E-state index contributed by atoms with van der Waals surface area (Å²) in [5, 5.41) is 8.93. The Kier molecular flexibility index (Phi) is 4.48. The van der Waals surface area contributed by atoms with E-state index in [1.807, 2.05) is 30.3 Å². The van der Waals surface area contributed by atoms with Gasteiger partial charge in [-0.2, -0.15) is 0 Å². The van der Waals surface area contributed by atoms with E-state index in [0.29, 0.717) is 4.47 Å². The zero-order valence-corrected chi connectivity index (χ0v) is 13.0. The van der Waals surface area contributed by atoms with Gasteiger partial charge in [-0.25, -0.2) is 4.79 Å².